The number of hydrogen-bond donors (Lipinski definition) is 1. The number of nitrogens with one attached hydrogen (secondary N) is 1. The molecular weight excluding hydrogens is 222 g/mol. The largest absolute Gasteiger partial charge is 0.377 e. The number of ether oxygens (including phenoxy) is 1. The van der Waals surface area contributed by atoms with Crippen LogP contribution < -0.4 is 5.32 Å². The molecule has 0 radical (unpaired) electrons. The monoisotopic (exact) mass is 255 g/mol. The second-order valence-electron chi connectivity index (χ2n) is 5.73. The van der Waals surface area contributed by atoms with E-state index in [0.717, 1.165) is 19.2 Å². The maximum Gasteiger partial charge on any atom is 0.0699 e. The fourth-order valence-corrected chi connectivity index (χ4v) is 2.28. The molecule has 0 aromatic heterocycles. The summed E-state index contributed by atoms with van der Waals surface area (Å²) in [6.07, 6.45) is 13.7. The van der Waals surface area contributed by atoms with Gasteiger partial charge in [-0.2, -0.15) is 0 Å². The highest BCUT2D eigenvalue weighted by Crippen LogP contribution is 2.19. The van der Waals surface area contributed by atoms with Gasteiger partial charge in [0.1, 0.15) is 0 Å². The van der Waals surface area contributed by atoms with Crippen LogP contribution in [0.1, 0.15) is 78.1 Å². The summed E-state index contributed by atoms with van der Waals surface area (Å²) in [5.74, 6) is 0. The molecule has 1 rings (SSSR count). The number of hydrogen-bond acceptors (Lipinski definition) is 2. The van der Waals surface area contributed by atoms with Crippen LogP contribution in [0.15, 0.2) is 0 Å². The highest BCUT2D eigenvalue weighted by Gasteiger charge is 2.21. The Labute approximate surface area is 114 Å². The minimum atomic E-state index is 0.450. The summed E-state index contributed by atoms with van der Waals surface area (Å²) in [6.45, 7) is 6.54. The Morgan fingerprint density at radius 3 is 2.39 bits per heavy atom. The first-order valence-electron chi connectivity index (χ1n) is 8.21. The van der Waals surface area contributed by atoms with Gasteiger partial charge in [0.15, 0.2) is 0 Å². The first-order valence-corrected chi connectivity index (χ1v) is 8.21. The lowest BCUT2D eigenvalue weighted by molar-refractivity contribution is 0.0442. The summed E-state index contributed by atoms with van der Waals surface area (Å²) in [4.78, 5) is 0. The molecule has 18 heavy (non-hydrogen) atoms. The van der Waals surface area contributed by atoms with Crippen LogP contribution in [-0.4, -0.2) is 25.3 Å². The van der Waals surface area contributed by atoms with Crippen LogP contribution in [0.2, 0.25) is 0 Å². The third-order valence-corrected chi connectivity index (χ3v) is 3.67. The van der Waals surface area contributed by atoms with Crippen molar-refractivity contribution in [3.63, 3.8) is 0 Å². The van der Waals surface area contributed by atoms with E-state index < -0.39 is 0 Å². The van der Waals surface area contributed by atoms with Crippen LogP contribution in [-0.2, 0) is 4.74 Å². The highest BCUT2D eigenvalue weighted by atomic mass is 16.5. The first kappa shape index (κ1) is 16.0. The Hall–Kier alpha value is -0.0800. The normalized spacial score (nSPS) is 17.0. The standard InChI is InChI=1S/C16H33NO/c1-3-5-6-7-8-9-13-18-16(10-4-2)14-17-15-11-12-15/h15-17H,3-14H2,1-2H3. The second kappa shape index (κ2) is 10.8. The molecule has 1 fully saturated rings. The van der Waals surface area contributed by atoms with Gasteiger partial charge in [0.2, 0.25) is 0 Å². The topological polar surface area (TPSA) is 21.3 Å². The number of rotatable bonds is 13. The fraction of sp³-hybridized carbons (Fsp3) is 1.00. The lowest BCUT2D eigenvalue weighted by atomic mass is 10.1. The Morgan fingerprint density at radius 2 is 1.72 bits per heavy atom. The van der Waals surface area contributed by atoms with Crippen molar-refractivity contribution in [3.8, 4) is 0 Å². The van der Waals surface area contributed by atoms with Gasteiger partial charge in [-0.3, -0.25) is 0 Å². The van der Waals surface area contributed by atoms with Crippen molar-refractivity contribution < 1.29 is 4.74 Å². The molecule has 0 aliphatic heterocycles. The maximum absolute atomic E-state index is 6.00. The van der Waals surface area contributed by atoms with Crippen LogP contribution >= 0.6 is 0 Å². The molecule has 2 heteroatoms. The van der Waals surface area contributed by atoms with Gasteiger partial charge < -0.3 is 10.1 Å². The van der Waals surface area contributed by atoms with Crippen molar-refractivity contribution in [2.24, 2.45) is 0 Å². The van der Waals surface area contributed by atoms with Gasteiger partial charge in [-0.1, -0.05) is 52.4 Å². The van der Waals surface area contributed by atoms with E-state index >= 15 is 0 Å². The molecule has 0 heterocycles. The van der Waals surface area contributed by atoms with Crippen molar-refractivity contribution >= 4 is 0 Å². The molecule has 1 aliphatic rings. The van der Waals surface area contributed by atoms with Crippen molar-refractivity contribution in [1.82, 2.24) is 5.32 Å². The highest BCUT2D eigenvalue weighted by molar-refractivity contribution is 4.82. The van der Waals surface area contributed by atoms with Gasteiger partial charge >= 0.3 is 0 Å². The fourth-order valence-electron chi connectivity index (χ4n) is 2.28. The number of unbranched alkanes of at least 4 members (excludes halogenated alkanes) is 5. The summed E-state index contributed by atoms with van der Waals surface area (Å²) in [5.41, 5.74) is 0. The van der Waals surface area contributed by atoms with E-state index in [2.05, 4.69) is 19.2 Å². The van der Waals surface area contributed by atoms with Gasteiger partial charge in [-0.05, 0) is 25.7 Å². The van der Waals surface area contributed by atoms with Crippen molar-refractivity contribution in [2.45, 2.75) is 90.2 Å². The van der Waals surface area contributed by atoms with Gasteiger partial charge in [0.25, 0.3) is 0 Å². The molecule has 1 aliphatic carbocycles. The van der Waals surface area contributed by atoms with Crippen LogP contribution in [0.5, 0.6) is 0 Å². The molecule has 0 spiro atoms. The van der Waals surface area contributed by atoms with Crippen LogP contribution in [0.4, 0.5) is 0 Å². The Kier molecular flexibility index (Phi) is 9.59. The predicted molar refractivity (Wildman–Crippen MR) is 79.0 cm³/mol. The Balaban J connectivity index is 1.91. The van der Waals surface area contributed by atoms with Crippen LogP contribution in [0.25, 0.3) is 0 Å². The zero-order valence-corrected chi connectivity index (χ0v) is 12.5. The summed E-state index contributed by atoms with van der Waals surface area (Å²) in [6, 6.07) is 0.807. The molecule has 1 N–H and O–H groups in total. The van der Waals surface area contributed by atoms with E-state index in [0.29, 0.717) is 6.10 Å². The van der Waals surface area contributed by atoms with Crippen LogP contribution in [0.3, 0.4) is 0 Å². The van der Waals surface area contributed by atoms with Gasteiger partial charge in [-0.25, -0.2) is 0 Å². The zero-order chi connectivity index (χ0) is 13.1. The summed E-state index contributed by atoms with van der Waals surface area (Å²) in [5, 5.41) is 3.59. The smallest absolute Gasteiger partial charge is 0.0699 e. The average molecular weight is 255 g/mol. The van der Waals surface area contributed by atoms with E-state index in [1.54, 1.807) is 0 Å². The second-order valence-corrected chi connectivity index (χ2v) is 5.73. The molecule has 0 amide bonds. The van der Waals surface area contributed by atoms with Crippen molar-refractivity contribution in [3.05, 3.63) is 0 Å². The average Bonchev–Trinajstić information content (AvgIpc) is 3.18. The summed E-state index contributed by atoms with van der Waals surface area (Å²) >= 11 is 0. The molecule has 0 aromatic rings. The molecule has 1 saturated carbocycles. The zero-order valence-electron chi connectivity index (χ0n) is 12.5. The Morgan fingerprint density at radius 1 is 1.00 bits per heavy atom. The molecule has 0 bridgehead atoms. The first-order chi connectivity index (χ1) is 8.86. The molecule has 0 saturated heterocycles. The molecule has 1 unspecified atom stereocenters. The molecule has 1 atom stereocenters. The molecular formula is C16H33NO. The van der Waals surface area contributed by atoms with Crippen LogP contribution in [0, 0.1) is 0 Å². The van der Waals surface area contributed by atoms with E-state index in [-0.39, 0.29) is 0 Å². The predicted octanol–water partition coefficient (Wildman–Crippen LogP) is 4.28. The van der Waals surface area contributed by atoms with E-state index in [4.69, 9.17) is 4.74 Å². The maximum atomic E-state index is 6.00. The quantitative estimate of drug-likeness (QED) is 0.496. The van der Waals surface area contributed by atoms with Gasteiger partial charge in [-0.15, -0.1) is 0 Å². The van der Waals surface area contributed by atoms with E-state index in [9.17, 15) is 0 Å². The Bertz CT molecular complexity index is 180. The SMILES string of the molecule is CCCCCCCCOC(CCC)CNC1CC1. The lowest BCUT2D eigenvalue weighted by Crippen LogP contribution is -2.30. The van der Waals surface area contributed by atoms with Crippen molar-refractivity contribution in [1.29, 1.82) is 0 Å². The third kappa shape index (κ3) is 8.93. The summed E-state index contributed by atoms with van der Waals surface area (Å²) < 4.78 is 6.00. The van der Waals surface area contributed by atoms with Gasteiger partial charge in [0.05, 0.1) is 6.10 Å². The lowest BCUT2D eigenvalue weighted by Gasteiger charge is -2.18. The molecule has 108 valence electrons. The molecule has 0 aromatic carbocycles. The summed E-state index contributed by atoms with van der Waals surface area (Å²) in [7, 11) is 0. The van der Waals surface area contributed by atoms with E-state index in [1.165, 1.54) is 64.2 Å². The minimum absolute atomic E-state index is 0.450. The minimum Gasteiger partial charge on any atom is -0.377 e. The van der Waals surface area contributed by atoms with E-state index in [1.807, 2.05) is 0 Å². The van der Waals surface area contributed by atoms with Gasteiger partial charge in [0, 0.05) is 19.2 Å². The third-order valence-electron chi connectivity index (χ3n) is 3.67. The molecule has 2 nitrogen and oxygen atoms in total. The van der Waals surface area contributed by atoms with Crippen molar-refractivity contribution in [2.75, 3.05) is 13.2 Å².